The zero-order valence-corrected chi connectivity index (χ0v) is 12.1. The molecule has 1 heterocycles. The number of rotatable bonds is 5. The molecule has 0 amide bonds. The van der Waals surface area contributed by atoms with E-state index < -0.39 is 11.0 Å². The summed E-state index contributed by atoms with van der Waals surface area (Å²) in [6.45, 7) is 3.70. The molecule has 1 atom stereocenters. The Kier molecular flexibility index (Phi) is 4.23. The van der Waals surface area contributed by atoms with Gasteiger partial charge in [-0.15, -0.1) is 0 Å². The molecule has 0 spiro atoms. The van der Waals surface area contributed by atoms with Crippen molar-refractivity contribution in [2.75, 3.05) is 0 Å². The van der Waals surface area contributed by atoms with Crippen LogP contribution in [-0.2, 0) is 13.7 Å². The molecule has 0 saturated heterocycles. The monoisotopic (exact) mass is 291 g/mol. The second kappa shape index (κ2) is 5.92. The third kappa shape index (κ3) is 3.38. The lowest BCUT2D eigenvalue weighted by Gasteiger charge is -2.13. The van der Waals surface area contributed by atoms with Gasteiger partial charge in [-0.3, -0.25) is 14.8 Å². The largest absolute Gasteiger partial charge is 0.487 e. The maximum absolute atomic E-state index is 10.8. The second-order valence-corrected chi connectivity index (χ2v) is 4.84. The van der Waals surface area contributed by atoms with Gasteiger partial charge in [0.25, 0.3) is 5.69 Å². The van der Waals surface area contributed by atoms with Gasteiger partial charge in [-0.25, -0.2) is 0 Å². The van der Waals surface area contributed by atoms with Gasteiger partial charge in [0.15, 0.2) is 0 Å². The molecule has 0 aliphatic heterocycles. The first kappa shape index (κ1) is 15.0. The van der Waals surface area contributed by atoms with E-state index in [0.29, 0.717) is 11.3 Å². The lowest BCUT2D eigenvalue weighted by atomic mass is 10.1. The molecule has 0 radical (unpaired) electrons. The number of ether oxygens (including phenoxy) is 1. The van der Waals surface area contributed by atoms with E-state index in [2.05, 4.69) is 5.10 Å². The minimum Gasteiger partial charge on any atom is -0.487 e. The summed E-state index contributed by atoms with van der Waals surface area (Å²) in [4.78, 5) is 10.3. The Morgan fingerprint density at radius 2 is 2.19 bits per heavy atom. The number of nitro benzene ring substituents is 1. The van der Waals surface area contributed by atoms with Crippen LogP contribution in [0.2, 0.25) is 0 Å². The molecule has 0 bridgehead atoms. The number of hydrogen-bond acceptors (Lipinski definition) is 5. The Balaban J connectivity index is 2.23. The highest BCUT2D eigenvalue weighted by Gasteiger charge is 2.16. The van der Waals surface area contributed by atoms with E-state index in [1.165, 1.54) is 18.2 Å². The van der Waals surface area contributed by atoms with E-state index in [1.807, 2.05) is 20.0 Å². The Labute approximate surface area is 121 Å². The van der Waals surface area contributed by atoms with E-state index in [1.54, 1.807) is 11.6 Å². The van der Waals surface area contributed by atoms with Gasteiger partial charge in [-0.05, 0) is 26.0 Å². The van der Waals surface area contributed by atoms with Crippen LogP contribution in [0, 0.1) is 17.0 Å². The first-order valence-corrected chi connectivity index (χ1v) is 6.47. The van der Waals surface area contributed by atoms with Gasteiger partial charge in [0.2, 0.25) is 0 Å². The van der Waals surface area contributed by atoms with Crippen molar-refractivity contribution in [3.63, 3.8) is 0 Å². The highest BCUT2D eigenvalue weighted by molar-refractivity contribution is 5.44. The second-order valence-electron chi connectivity index (χ2n) is 4.84. The number of benzene rings is 1. The summed E-state index contributed by atoms with van der Waals surface area (Å²) in [6, 6.07) is 6.08. The van der Waals surface area contributed by atoms with Crippen LogP contribution in [0.5, 0.6) is 5.75 Å². The van der Waals surface area contributed by atoms with Crippen LogP contribution in [0.1, 0.15) is 30.0 Å². The molecule has 21 heavy (non-hydrogen) atoms. The van der Waals surface area contributed by atoms with Crippen molar-refractivity contribution in [3.8, 4) is 5.75 Å². The molecule has 2 rings (SSSR count). The Morgan fingerprint density at radius 3 is 2.71 bits per heavy atom. The van der Waals surface area contributed by atoms with Gasteiger partial charge in [0, 0.05) is 24.7 Å². The van der Waals surface area contributed by atoms with E-state index in [-0.39, 0.29) is 12.3 Å². The van der Waals surface area contributed by atoms with Crippen molar-refractivity contribution in [1.82, 2.24) is 9.78 Å². The van der Waals surface area contributed by atoms with Crippen LogP contribution < -0.4 is 4.74 Å². The maximum Gasteiger partial charge on any atom is 0.270 e. The normalized spacial score (nSPS) is 12.2. The summed E-state index contributed by atoms with van der Waals surface area (Å²) in [5.74, 6) is 0.425. The van der Waals surface area contributed by atoms with E-state index in [4.69, 9.17) is 4.74 Å². The van der Waals surface area contributed by atoms with Gasteiger partial charge in [0.05, 0.1) is 22.4 Å². The number of nitrogens with zero attached hydrogens (tertiary/aromatic N) is 3. The summed E-state index contributed by atoms with van der Waals surface area (Å²) in [5.41, 5.74) is 2.08. The molecule has 1 aromatic heterocycles. The van der Waals surface area contributed by atoms with Crippen molar-refractivity contribution in [3.05, 3.63) is 51.3 Å². The molecule has 1 aromatic carbocycles. The number of nitro groups is 1. The number of aliphatic hydroxyl groups is 1. The lowest BCUT2D eigenvalue weighted by molar-refractivity contribution is -0.385. The molecule has 0 aliphatic rings. The van der Waals surface area contributed by atoms with Gasteiger partial charge >= 0.3 is 0 Å². The molecule has 7 heteroatoms. The summed E-state index contributed by atoms with van der Waals surface area (Å²) >= 11 is 0. The SMILES string of the molecule is Cc1cc(COc2ccc([N+](=O)[O-])cc2C(C)O)n(C)n1. The first-order chi connectivity index (χ1) is 9.88. The molecule has 1 unspecified atom stereocenters. The number of aromatic nitrogens is 2. The predicted octanol–water partition coefficient (Wildman–Crippen LogP) is 2.27. The van der Waals surface area contributed by atoms with Crippen LogP contribution in [0.25, 0.3) is 0 Å². The van der Waals surface area contributed by atoms with Gasteiger partial charge in [-0.2, -0.15) is 5.10 Å². The molecule has 2 aromatic rings. The smallest absolute Gasteiger partial charge is 0.270 e. The van der Waals surface area contributed by atoms with E-state index in [9.17, 15) is 15.2 Å². The van der Waals surface area contributed by atoms with Crippen molar-refractivity contribution < 1.29 is 14.8 Å². The fourth-order valence-electron chi connectivity index (χ4n) is 2.06. The standard InChI is InChI=1S/C14H17N3O4/c1-9-6-12(16(3)15-9)8-21-14-5-4-11(17(19)20)7-13(14)10(2)18/h4-7,10,18H,8H2,1-3H3. The Morgan fingerprint density at radius 1 is 1.48 bits per heavy atom. The summed E-state index contributed by atoms with van der Waals surface area (Å²) in [5, 5.41) is 24.7. The first-order valence-electron chi connectivity index (χ1n) is 6.47. The number of hydrogen-bond donors (Lipinski definition) is 1. The average molecular weight is 291 g/mol. The number of non-ortho nitro benzene ring substituents is 1. The fraction of sp³-hybridized carbons (Fsp3) is 0.357. The summed E-state index contributed by atoms with van der Waals surface area (Å²) in [6.07, 6.45) is -0.854. The van der Waals surface area contributed by atoms with Crippen molar-refractivity contribution in [1.29, 1.82) is 0 Å². The summed E-state index contributed by atoms with van der Waals surface area (Å²) in [7, 11) is 1.82. The Hall–Kier alpha value is -2.41. The fourth-order valence-corrected chi connectivity index (χ4v) is 2.06. The van der Waals surface area contributed by atoms with Crippen LogP contribution in [0.15, 0.2) is 24.3 Å². The third-order valence-electron chi connectivity index (χ3n) is 3.13. The molecule has 112 valence electrons. The van der Waals surface area contributed by atoms with Crippen LogP contribution in [-0.4, -0.2) is 19.8 Å². The van der Waals surface area contributed by atoms with Crippen molar-refractivity contribution in [2.24, 2.45) is 7.05 Å². The number of aliphatic hydroxyl groups excluding tert-OH is 1. The van der Waals surface area contributed by atoms with Crippen LogP contribution >= 0.6 is 0 Å². The minimum atomic E-state index is -0.854. The van der Waals surface area contributed by atoms with Crippen molar-refractivity contribution in [2.45, 2.75) is 26.6 Å². The predicted molar refractivity (Wildman–Crippen MR) is 76.0 cm³/mol. The molecular formula is C14H17N3O4. The molecule has 0 saturated carbocycles. The minimum absolute atomic E-state index is 0.0744. The van der Waals surface area contributed by atoms with Gasteiger partial charge in [0.1, 0.15) is 12.4 Å². The molecule has 7 nitrogen and oxygen atoms in total. The van der Waals surface area contributed by atoms with Gasteiger partial charge in [-0.1, -0.05) is 0 Å². The zero-order chi connectivity index (χ0) is 15.6. The highest BCUT2D eigenvalue weighted by atomic mass is 16.6. The summed E-state index contributed by atoms with van der Waals surface area (Å²) < 4.78 is 7.38. The molecular weight excluding hydrogens is 274 g/mol. The number of aryl methyl sites for hydroxylation is 2. The molecule has 1 N–H and O–H groups in total. The van der Waals surface area contributed by atoms with E-state index in [0.717, 1.165) is 11.4 Å². The van der Waals surface area contributed by atoms with Gasteiger partial charge < -0.3 is 9.84 Å². The highest BCUT2D eigenvalue weighted by Crippen LogP contribution is 2.29. The topological polar surface area (TPSA) is 90.4 Å². The average Bonchev–Trinajstić information content (AvgIpc) is 2.74. The Bertz CT molecular complexity index is 664. The quantitative estimate of drug-likeness (QED) is 0.674. The third-order valence-corrected chi connectivity index (χ3v) is 3.13. The van der Waals surface area contributed by atoms with Crippen LogP contribution in [0.3, 0.4) is 0 Å². The van der Waals surface area contributed by atoms with E-state index >= 15 is 0 Å². The molecule has 0 aliphatic carbocycles. The maximum atomic E-state index is 10.8. The zero-order valence-electron chi connectivity index (χ0n) is 12.1. The van der Waals surface area contributed by atoms with Crippen molar-refractivity contribution >= 4 is 5.69 Å². The van der Waals surface area contributed by atoms with Crippen LogP contribution in [0.4, 0.5) is 5.69 Å². The lowest BCUT2D eigenvalue weighted by Crippen LogP contribution is -2.05. The molecule has 0 fully saturated rings.